The Morgan fingerprint density at radius 1 is 1.14 bits per heavy atom. The van der Waals surface area contributed by atoms with Crippen LogP contribution in [-0.4, -0.2) is 19.3 Å². The number of aromatic nitrogens is 1. The number of carbonyl (C=O) groups is 1. The van der Waals surface area contributed by atoms with Crippen LogP contribution in [0.2, 0.25) is 0 Å². The number of rotatable bonds is 8. The Morgan fingerprint density at radius 2 is 1.86 bits per heavy atom. The van der Waals surface area contributed by atoms with Crippen molar-refractivity contribution in [2.75, 3.05) is 10.0 Å². The van der Waals surface area contributed by atoms with E-state index in [-0.39, 0.29) is 10.8 Å². The second-order valence-corrected chi connectivity index (χ2v) is 10.1. The number of nitrogens with one attached hydrogen (secondary N) is 2. The van der Waals surface area contributed by atoms with Crippen molar-refractivity contribution < 1.29 is 13.2 Å². The van der Waals surface area contributed by atoms with Crippen molar-refractivity contribution in [3.8, 4) is 0 Å². The summed E-state index contributed by atoms with van der Waals surface area (Å²) in [6.45, 7) is 6.19. The minimum atomic E-state index is -3.69. The van der Waals surface area contributed by atoms with Gasteiger partial charge in [-0.05, 0) is 54.7 Å². The molecule has 1 amide bonds. The largest absolute Gasteiger partial charge is 0.302 e. The molecule has 0 fully saturated rings. The van der Waals surface area contributed by atoms with Gasteiger partial charge in [0.05, 0.1) is 20.8 Å². The highest BCUT2D eigenvalue weighted by atomic mass is 32.2. The molecule has 3 aromatic rings. The number of hydrogen-bond donors (Lipinski definition) is 2. The molecule has 0 aliphatic carbocycles. The smallest absolute Gasteiger partial charge is 0.261 e. The average molecular weight is 432 g/mol. The number of benzene rings is 2. The van der Waals surface area contributed by atoms with Crippen LogP contribution >= 0.6 is 11.3 Å². The second-order valence-electron chi connectivity index (χ2n) is 7.35. The molecule has 0 aliphatic heterocycles. The van der Waals surface area contributed by atoms with Gasteiger partial charge in [-0.2, -0.15) is 0 Å². The van der Waals surface area contributed by atoms with Gasteiger partial charge in [0.2, 0.25) is 5.91 Å². The number of hydrogen-bond acceptors (Lipinski definition) is 5. The van der Waals surface area contributed by atoms with Gasteiger partial charge < -0.3 is 5.32 Å². The number of amides is 1. The van der Waals surface area contributed by atoms with Gasteiger partial charge in [-0.15, -0.1) is 0 Å². The number of anilines is 2. The summed E-state index contributed by atoms with van der Waals surface area (Å²) in [6.07, 6.45) is 2.11. The Balaban J connectivity index is 1.77. The molecule has 0 saturated heterocycles. The molecule has 2 aromatic carbocycles. The molecule has 1 aromatic heterocycles. The summed E-state index contributed by atoms with van der Waals surface area (Å²) >= 11 is 1.36. The third-order valence-corrected chi connectivity index (χ3v) is 6.59. The molecule has 0 saturated carbocycles. The highest BCUT2D eigenvalue weighted by Gasteiger charge is 2.15. The maximum atomic E-state index is 12.7. The molecule has 154 valence electrons. The van der Waals surface area contributed by atoms with E-state index in [0.717, 1.165) is 23.1 Å². The lowest BCUT2D eigenvalue weighted by molar-refractivity contribution is -0.116. The molecule has 0 spiro atoms. The number of thiazole rings is 1. The van der Waals surface area contributed by atoms with Crippen LogP contribution in [0.15, 0.2) is 47.4 Å². The predicted octanol–water partition coefficient (Wildman–Crippen LogP) is 5.03. The van der Waals surface area contributed by atoms with E-state index in [9.17, 15) is 13.2 Å². The van der Waals surface area contributed by atoms with Crippen molar-refractivity contribution >= 4 is 48.3 Å². The number of nitrogens with zero attached hydrogens (tertiary/aromatic N) is 1. The van der Waals surface area contributed by atoms with Gasteiger partial charge in [-0.1, -0.05) is 44.2 Å². The molecule has 0 radical (unpaired) electrons. The van der Waals surface area contributed by atoms with Gasteiger partial charge in [-0.3, -0.25) is 9.52 Å². The Morgan fingerprint density at radius 3 is 2.52 bits per heavy atom. The SMILES string of the molecule is CCCC(=O)Nc1nc2cc(NS(=O)(=O)c3ccc(CC(C)C)cc3)ccc2s1. The molecule has 0 aliphatic rings. The first kappa shape index (κ1) is 21.3. The van der Waals surface area contributed by atoms with Crippen LogP contribution in [-0.2, 0) is 21.2 Å². The summed E-state index contributed by atoms with van der Waals surface area (Å²) in [7, 11) is -3.69. The summed E-state index contributed by atoms with van der Waals surface area (Å²) in [6, 6.07) is 12.1. The topological polar surface area (TPSA) is 88.2 Å². The number of carbonyl (C=O) groups excluding carboxylic acids is 1. The lowest BCUT2D eigenvalue weighted by atomic mass is 10.0. The molecule has 3 rings (SSSR count). The molecule has 6 nitrogen and oxygen atoms in total. The molecule has 2 N–H and O–H groups in total. The highest BCUT2D eigenvalue weighted by Crippen LogP contribution is 2.29. The zero-order valence-electron chi connectivity index (χ0n) is 16.7. The third kappa shape index (κ3) is 5.55. The number of sulfonamides is 1. The highest BCUT2D eigenvalue weighted by molar-refractivity contribution is 7.92. The quantitative estimate of drug-likeness (QED) is 0.523. The van der Waals surface area contributed by atoms with Crippen LogP contribution in [0.25, 0.3) is 10.2 Å². The van der Waals surface area contributed by atoms with E-state index in [1.165, 1.54) is 11.3 Å². The zero-order chi connectivity index (χ0) is 21.0. The molecular weight excluding hydrogens is 406 g/mol. The molecular formula is C21H25N3O3S2. The Bertz CT molecular complexity index is 1100. The normalized spacial score (nSPS) is 11.7. The van der Waals surface area contributed by atoms with E-state index in [0.29, 0.717) is 28.7 Å². The van der Waals surface area contributed by atoms with Crippen molar-refractivity contribution in [2.24, 2.45) is 5.92 Å². The fraction of sp³-hybridized carbons (Fsp3) is 0.333. The van der Waals surface area contributed by atoms with E-state index < -0.39 is 10.0 Å². The summed E-state index contributed by atoms with van der Waals surface area (Å²) in [5.41, 5.74) is 2.18. The van der Waals surface area contributed by atoms with E-state index in [2.05, 4.69) is 28.9 Å². The zero-order valence-corrected chi connectivity index (χ0v) is 18.4. The monoisotopic (exact) mass is 431 g/mol. The average Bonchev–Trinajstić information content (AvgIpc) is 3.02. The van der Waals surface area contributed by atoms with Gasteiger partial charge in [0.15, 0.2) is 5.13 Å². The van der Waals surface area contributed by atoms with Crippen LogP contribution in [0.5, 0.6) is 0 Å². The third-order valence-electron chi connectivity index (χ3n) is 4.24. The van der Waals surface area contributed by atoms with Gasteiger partial charge in [0, 0.05) is 6.42 Å². The minimum absolute atomic E-state index is 0.0756. The lowest BCUT2D eigenvalue weighted by Gasteiger charge is -2.09. The van der Waals surface area contributed by atoms with E-state index in [1.54, 1.807) is 30.3 Å². The summed E-state index contributed by atoms with van der Waals surface area (Å²) in [5, 5.41) is 3.29. The van der Waals surface area contributed by atoms with Gasteiger partial charge >= 0.3 is 0 Å². The Hall–Kier alpha value is -2.45. The lowest BCUT2D eigenvalue weighted by Crippen LogP contribution is -2.13. The standard InChI is InChI=1S/C21H25N3O3S2/c1-4-5-20(25)23-21-22-18-13-16(8-11-19(18)28-21)24-29(26,27)17-9-6-15(7-10-17)12-14(2)3/h6-11,13-14,24H,4-5,12H2,1-3H3,(H,22,23,25). The maximum absolute atomic E-state index is 12.7. The summed E-state index contributed by atoms with van der Waals surface area (Å²) < 4.78 is 28.9. The van der Waals surface area contributed by atoms with Gasteiger partial charge in [0.1, 0.15) is 0 Å². The summed E-state index contributed by atoms with van der Waals surface area (Å²) in [5.74, 6) is 0.436. The fourth-order valence-corrected chi connectivity index (χ4v) is 4.86. The van der Waals surface area contributed by atoms with Crippen molar-refractivity contribution in [2.45, 2.75) is 44.9 Å². The molecule has 1 heterocycles. The number of fused-ring (bicyclic) bond motifs is 1. The first-order valence-electron chi connectivity index (χ1n) is 9.59. The first-order chi connectivity index (χ1) is 13.8. The van der Waals surface area contributed by atoms with Crippen LogP contribution in [0, 0.1) is 5.92 Å². The van der Waals surface area contributed by atoms with Crippen LogP contribution in [0.4, 0.5) is 10.8 Å². The molecule has 0 atom stereocenters. The Labute approximate surface area is 175 Å². The van der Waals surface area contributed by atoms with E-state index in [4.69, 9.17) is 0 Å². The molecule has 0 unspecified atom stereocenters. The van der Waals surface area contributed by atoms with Crippen LogP contribution < -0.4 is 10.0 Å². The maximum Gasteiger partial charge on any atom is 0.261 e. The minimum Gasteiger partial charge on any atom is -0.302 e. The van der Waals surface area contributed by atoms with Crippen LogP contribution in [0.1, 0.15) is 39.2 Å². The Kier molecular flexibility index (Phi) is 6.54. The van der Waals surface area contributed by atoms with Crippen molar-refractivity contribution in [1.29, 1.82) is 0 Å². The molecule has 0 bridgehead atoms. The van der Waals surface area contributed by atoms with Crippen LogP contribution in [0.3, 0.4) is 0 Å². The summed E-state index contributed by atoms with van der Waals surface area (Å²) in [4.78, 5) is 16.4. The molecule has 29 heavy (non-hydrogen) atoms. The van der Waals surface area contributed by atoms with Crippen molar-refractivity contribution in [3.63, 3.8) is 0 Å². The van der Waals surface area contributed by atoms with E-state index >= 15 is 0 Å². The van der Waals surface area contributed by atoms with Gasteiger partial charge in [0.25, 0.3) is 10.0 Å². The van der Waals surface area contributed by atoms with Gasteiger partial charge in [-0.25, -0.2) is 13.4 Å². The van der Waals surface area contributed by atoms with Crippen molar-refractivity contribution in [1.82, 2.24) is 4.98 Å². The predicted molar refractivity (Wildman–Crippen MR) is 119 cm³/mol. The van der Waals surface area contributed by atoms with Crippen molar-refractivity contribution in [3.05, 3.63) is 48.0 Å². The fourth-order valence-electron chi connectivity index (χ4n) is 2.94. The first-order valence-corrected chi connectivity index (χ1v) is 11.9. The molecule has 8 heteroatoms. The van der Waals surface area contributed by atoms with E-state index in [1.807, 2.05) is 19.1 Å². The second kappa shape index (κ2) is 8.92.